The van der Waals surface area contributed by atoms with E-state index in [1.807, 2.05) is 0 Å². The van der Waals surface area contributed by atoms with Gasteiger partial charge in [0.25, 0.3) is 0 Å². The number of halogens is 1. The van der Waals surface area contributed by atoms with Crippen LogP contribution in [-0.2, 0) is 15.6 Å². The molecule has 0 unspecified atom stereocenters. The average Bonchev–Trinajstić information content (AvgIpc) is 2.76. The lowest BCUT2D eigenvalue weighted by Crippen LogP contribution is -2.07. The van der Waals surface area contributed by atoms with Crippen LogP contribution in [-0.4, -0.2) is 19.5 Å². The number of carboxylic acids is 1. The van der Waals surface area contributed by atoms with Crippen LogP contribution in [0.4, 0.5) is 0 Å². The Morgan fingerprint density at radius 1 is 1.32 bits per heavy atom. The van der Waals surface area contributed by atoms with Crippen LogP contribution < -0.4 is 0 Å². The lowest BCUT2D eigenvalue weighted by atomic mass is 10.3. The van der Waals surface area contributed by atoms with E-state index in [9.17, 15) is 13.2 Å². The fourth-order valence-electron chi connectivity index (χ4n) is 1.59. The molecule has 4 nitrogen and oxygen atoms in total. The molecule has 1 aromatic carbocycles. The Labute approximate surface area is 119 Å². The Kier molecular flexibility index (Phi) is 3.93. The van der Waals surface area contributed by atoms with Crippen LogP contribution in [0.15, 0.2) is 40.6 Å². The molecule has 0 fully saturated rings. The second-order valence-corrected chi connectivity index (χ2v) is 7.14. The molecular formula is C12H9ClO4S2. The maximum Gasteiger partial charge on any atom is 0.346 e. The smallest absolute Gasteiger partial charge is 0.346 e. The Morgan fingerprint density at radius 2 is 2.05 bits per heavy atom. The molecule has 100 valence electrons. The standard InChI is InChI=1S/C12H9ClO4S2/c13-9-2-1-3-10(6-9)19(16,17)7-8-4-5-18-11(8)12(14)15/h1-6H,7H2,(H,14,15). The molecule has 0 amide bonds. The van der Waals surface area contributed by atoms with Gasteiger partial charge in [-0.05, 0) is 35.2 Å². The minimum atomic E-state index is -3.60. The van der Waals surface area contributed by atoms with Crippen molar-refractivity contribution in [3.63, 3.8) is 0 Å². The first-order valence-corrected chi connectivity index (χ1v) is 8.09. The fraction of sp³-hybridized carbons (Fsp3) is 0.0833. The highest BCUT2D eigenvalue weighted by Crippen LogP contribution is 2.24. The molecule has 0 aliphatic heterocycles. The van der Waals surface area contributed by atoms with Crippen LogP contribution in [0.3, 0.4) is 0 Å². The third kappa shape index (κ3) is 3.15. The molecule has 2 aromatic rings. The number of thiophene rings is 1. The molecule has 0 aliphatic carbocycles. The first kappa shape index (κ1) is 14.0. The number of aromatic carboxylic acids is 1. The highest BCUT2D eigenvalue weighted by atomic mass is 35.5. The van der Waals surface area contributed by atoms with Gasteiger partial charge in [-0.1, -0.05) is 17.7 Å². The zero-order valence-corrected chi connectivity index (χ0v) is 11.9. The fourth-order valence-corrected chi connectivity index (χ4v) is 4.10. The number of carbonyl (C=O) groups is 1. The van der Waals surface area contributed by atoms with E-state index in [0.29, 0.717) is 5.02 Å². The minimum absolute atomic E-state index is 0.0469. The molecule has 19 heavy (non-hydrogen) atoms. The van der Waals surface area contributed by atoms with Gasteiger partial charge in [-0.2, -0.15) is 0 Å². The van der Waals surface area contributed by atoms with Crippen molar-refractivity contribution in [1.29, 1.82) is 0 Å². The van der Waals surface area contributed by atoms with Crippen molar-refractivity contribution in [2.24, 2.45) is 0 Å². The van der Waals surface area contributed by atoms with E-state index in [1.165, 1.54) is 18.2 Å². The van der Waals surface area contributed by atoms with Gasteiger partial charge >= 0.3 is 5.97 Å². The summed E-state index contributed by atoms with van der Waals surface area (Å²) in [6.07, 6.45) is 0. The molecule has 0 saturated heterocycles. The van der Waals surface area contributed by atoms with E-state index in [4.69, 9.17) is 16.7 Å². The van der Waals surface area contributed by atoms with Crippen molar-refractivity contribution in [2.75, 3.05) is 0 Å². The van der Waals surface area contributed by atoms with Crippen LogP contribution >= 0.6 is 22.9 Å². The predicted molar refractivity (Wildman–Crippen MR) is 73.6 cm³/mol. The molecule has 1 N–H and O–H groups in total. The van der Waals surface area contributed by atoms with Crippen LogP contribution in [0.1, 0.15) is 15.2 Å². The van der Waals surface area contributed by atoms with Crippen molar-refractivity contribution in [1.82, 2.24) is 0 Å². The molecule has 0 radical (unpaired) electrons. The topological polar surface area (TPSA) is 71.4 Å². The van der Waals surface area contributed by atoms with Gasteiger partial charge in [0.2, 0.25) is 0 Å². The Bertz CT molecular complexity index is 719. The zero-order valence-electron chi connectivity index (χ0n) is 9.54. The third-order valence-electron chi connectivity index (χ3n) is 2.44. The maximum atomic E-state index is 12.2. The quantitative estimate of drug-likeness (QED) is 0.941. The van der Waals surface area contributed by atoms with Gasteiger partial charge in [0.15, 0.2) is 9.84 Å². The van der Waals surface area contributed by atoms with Gasteiger partial charge in [0.1, 0.15) is 4.88 Å². The van der Waals surface area contributed by atoms with Gasteiger partial charge in [0.05, 0.1) is 10.6 Å². The second kappa shape index (κ2) is 5.32. The summed E-state index contributed by atoms with van der Waals surface area (Å²) in [4.78, 5) is 11.1. The van der Waals surface area contributed by atoms with E-state index in [0.717, 1.165) is 11.3 Å². The minimum Gasteiger partial charge on any atom is -0.477 e. The van der Waals surface area contributed by atoms with Crippen molar-refractivity contribution < 1.29 is 18.3 Å². The van der Waals surface area contributed by atoms with E-state index in [1.54, 1.807) is 17.5 Å². The van der Waals surface area contributed by atoms with E-state index >= 15 is 0 Å². The molecule has 0 aliphatic rings. The van der Waals surface area contributed by atoms with Gasteiger partial charge in [-0.15, -0.1) is 11.3 Å². The molecule has 1 aromatic heterocycles. The van der Waals surface area contributed by atoms with Crippen molar-refractivity contribution in [2.45, 2.75) is 10.6 Å². The van der Waals surface area contributed by atoms with Gasteiger partial charge < -0.3 is 5.11 Å². The van der Waals surface area contributed by atoms with Gasteiger partial charge in [-0.3, -0.25) is 0 Å². The van der Waals surface area contributed by atoms with Crippen LogP contribution in [0.25, 0.3) is 0 Å². The zero-order chi connectivity index (χ0) is 14.0. The largest absolute Gasteiger partial charge is 0.477 e. The van der Waals surface area contributed by atoms with Crippen molar-refractivity contribution in [3.8, 4) is 0 Å². The Balaban J connectivity index is 2.37. The summed E-state index contributed by atoms with van der Waals surface area (Å²) in [6.45, 7) is 0. The first-order chi connectivity index (χ1) is 8.90. The summed E-state index contributed by atoms with van der Waals surface area (Å²) >= 11 is 6.76. The number of sulfone groups is 1. The van der Waals surface area contributed by atoms with E-state index in [-0.39, 0.29) is 21.1 Å². The summed E-state index contributed by atoms with van der Waals surface area (Å²) < 4.78 is 24.4. The lowest BCUT2D eigenvalue weighted by Gasteiger charge is -2.04. The molecule has 1 heterocycles. The van der Waals surface area contributed by atoms with Gasteiger partial charge in [-0.25, -0.2) is 13.2 Å². The van der Waals surface area contributed by atoms with E-state index < -0.39 is 15.8 Å². The van der Waals surface area contributed by atoms with Crippen molar-refractivity contribution in [3.05, 3.63) is 51.2 Å². The highest BCUT2D eigenvalue weighted by Gasteiger charge is 2.20. The Hall–Kier alpha value is -1.37. The SMILES string of the molecule is O=C(O)c1sccc1CS(=O)(=O)c1cccc(Cl)c1. The first-order valence-electron chi connectivity index (χ1n) is 5.18. The number of rotatable bonds is 4. The van der Waals surface area contributed by atoms with Crippen molar-refractivity contribution >= 4 is 38.7 Å². The molecule has 7 heteroatoms. The summed E-state index contributed by atoms with van der Waals surface area (Å²) in [6, 6.07) is 7.42. The monoisotopic (exact) mass is 316 g/mol. The van der Waals surface area contributed by atoms with Crippen LogP contribution in [0.5, 0.6) is 0 Å². The van der Waals surface area contributed by atoms with E-state index in [2.05, 4.69) is 0 Å². The predicted octanol–water partition coefficient (Wildman–Crippen LogP) is 3.07. The number of carboxylic acid groups (broad SMARTS) is 1. The van der Waals surface area contributed by atoms with Crippen LogP contribution in [0.2, 0.25) is 5.02 Å². The second-order valence-electron chi connectivity index (χ2n) is 3.80. The summed E-state index contributed by atoms with van der Waals surface area (Å²) in [5.41, 5.74) is 0.289. The molecular weight excluding hydrogens is 308 g/mol. The molecule has 0 spiro atoms. The highest BCUT2D eigenvalue weighted by molar-refractivity contribution is 7.90. The van der Waals surface area contributed by atoms with Crippen LogP contribution in [0, 0.1) is 0 Å². The summed E-state index contributed by atoms with van der Waals surface area (Å²) in [7, 11) is -3.60. The maximum absolute atomic E-state index is 12.2. The molecule has 0 saturated carbocycles. The number of benzene rings is 1. The number of hydrogen-bond donors (Lipinski definition) is 1. The normalized spacial score (nSPS) is 11.4. The number of hydrogen-bond acceptors (Lipinski definition) is 4. The third-order valence-corrected chi connectivity index (χ3v) is 5.28. The average molecular weight is 317 g/mol. The molecule has 2 rings (SSSR count). The molecule has 0 atom stereocenters. The Morgan fingerprint density at radius 3 is 2.68 bits per heavy atom. The molecule has 0 bridgehead atoms. The summed E-state index contributed by atoms with van der Waals surface area (Å²) in [5.74, 6) is -1.47. The summed E-state index contributed by atoms with van der Waals surface area (Å²) in [5, 5.41) is 10.8. The van der Waals surface area contributed by atoms with Gasteiger partial charge in [0, 0.05) is 5.02 Å². The lowest BCUT2D eigenvalue weighted by molar-refractivity contribution is 0.0701.